The van der Waals surface area contributed by atoms with E-state index in [-0.39, 0.29) is 0 Å². The summed E-state index contributed by atoms with van der Waals surface area (Å²) in [5, 5.41) is 0.474. The third-order valence-corrected chi connectivity index (χ3v) is 3.14. The molecule has 1 aliphatic carbocycles. The highest BCUT2D eigenvalue weighted by molar-refractivity contribution is 6.30. The van der Waals surface area contributed by atoms with E-state index in [1.807, 2.05) is 0 Å². The third-order valence-electron chi connectivity index (χ3n) is 2.91. The minimum absolute atomic E-state index is 0.474. The van der Waals surface area contributed by atoms with Crippen LogP contribution in [0, 0.1) is 0 Å². The molecule has 1 aromatic rings. The van der Waals surface area contributed by atoms with Crippen molar-refractivity contribution in [2.45, 2.75) is 30.7 Å². The zero-order valence-corrected chi connectivity index (χ0v) is 8.85. The molecule has 1 nitrogen and oxygen atoms in total. The highest BCUT2D eigenvalue weighted by atomic mass is 35.5. The Bertz CT molecular complexity index is 363. The fourth-order valence-corrected chi connectivity index (χ4v) is 2.08. The molecular weight excluding hydrogens is 220 g/mol. The standard InChI is InChI=1S/C11H12ClF2N/c12-8-3-1-2-7(6-8)9(10(13)14)11(15)4-5-11/h1-3,6,9-10H,4-5,15H2. The first-order valence-electron chi connectivity index (χ1n) is 4.85. The monoisotopic (exact) mass is 231 g/mol. The molecule has 2 N–H and O–H groups in total. The lowest BCUT2D eigenvalue weighted by Crippen LogP contribution is -2.35. The number of hydrogen-bond donors (Lipinski definition) is 1. The van der Waals surface area contributed by atoms with Crippen LogP contribution >= 0.6 is 11.6 Å². The van der Waals surface area contributed by atoms with Crippen molar-refractivity contribution in [3.8, 4) is 0 Å². The number of hydrogen-bond acceptors (Lipinski definition) is 1. The summed E-state index contributed by atoms with van der Waals surface area (Å²) in [7, 11) is 0. The largest absolute Gasteiger partial charge is 0.324 e. The average Bonchev–Trinajstić information content (AvgIpc) is 2.83. The first-order valence-corrected chi connectivity index (χ1v) is 5.23. The van der Waals surface area contributed by atoms with Gasteiger partial charge in [0.1, 0.15) is 0 Å². The number of benzene rings is 1. The van der Waals surface area contributed by atoms with Gasteiger partial charge < -0.3 is 5.73 Å². The smallest absolute Gasteiger partial charge is 0.247 e. The van der Waals surface area contributed by atoms with Crippen molar-refractivity contribution in [2.75, 3.05) is 0 Å². The normalized spacial score (nSPS) is 20.3. The van der Waals surface area contributed by atoms with Crippen LogP contribution in [0.5, 0.6) is 0 Å². The van der Waals surface area contributed by atoms with E-state index in [1.165, 1.54) is 0 Å². The van der Waals surface area contributed by atoms with Gasteiger partial charge in [0.2, 0.25) is 6.43 Å². The summed E-state index contributed by atoms with van der Waals surface area (Å²) in [4.78, 5) is 0. The Labute approximate surface area is 92.2 Å². The van der Waals surface area contributed by atoms with Crippen LogP contribution in [0.2, 0.25) is 5.02 Å². The molecule has 1 aliphatic rings. The molecule has 1 saturated carbocycles. The van der Waals surface area contributed by atoms with Crippen molar-refractivity contribution in [2.24, 2.45) is 5.73 Å². The molecule has 0 spiro atoms. The van der Waals surface area contributed by atoms with Gasteiger partial charge in [-0.05, 0) is 30.5 Å². The molecule has 2 rings (SSSR count). The maximum absolute atomic E-state index is 12.9. The second-order valence-corrected chi connectivity index (χ2v) is 4.54. The molecule has 0 amide bonds. The van der Waals surface area contributed by atoms with Gasteiger partial charge in [-0.1, -0.05) is 23.7 Å². The first kappa shape index (κ1) is 10.8. The Hall–Kier alpha value is -0.670. The lowest BCUT2D eigenvalue weighted by atomic mass is 9.90. The molecule has 0 aliphatic heterocycles. The molecule has 0 radical (unpaired) electrons. The summed E-state index contributed by atoms with van der Waals surface area (Å²) in [6, 6.07) is 6.59. The molecule has 1 aromatic carbocycles. The Morgan fingerprint density at radius 3 is 2.47 bits per heavy atom. The predicted molar refractivity (Wildman–Crippen MR) is 56.3 cm³/mol. The topological polar surface area (TPSA) is 26.0 Å². The van der Waals surface area contributed by atoms with Crippen LogP contribution in [0.4, 0.5) is 8.78 Å². The highest BCUT2D eigenvalue weighted by Gasteiger charge is 2.50. The molecule has 0 saturated heterocycles. The molecule has 1 fully saturated rings. The average molecular weight is 232 g/mol. The molecular formula is C11H12ClF2N. The van der Waals surface area contributed by atoms with E-state index in [4.69, 9.17) is 17.3 Å². The Balaban J connectivity index is 2.33. The van der Waals surface area contributed by atoms with Crippen LogP contribution in [0.25, 0.3) is 0 Å². The minimum Gasteiger partial charge on any atom is -0.324 e. The van der Waals surface area contributed by atoms with Crippen molar-refractivity contribution in [1.82, 2.24) is 0 Å². The molecule has 4 heteroatoms. The fourth-order valence-electron chi connectivity index (χ4n) is 1.88. The summed E-state index contributed by atoms with van der Waals surface area (Å²) in [6.07, 6.45) is -1.11. The molecule has 1 atom stereocenters. The van der Waals surface area contributed by atoms with Crippen molar-refractivity contribution in [3.63, 3.8) is 0 Å². The van der Waals surface area contributed by atoms with Crippen LogP contribution < -0.4 is 5.73 Å². The van der Waals surface area contributed by atoms with Gasteiger partial charge in [0.25, 0.3) is 0 Å². The highest BCUT2D eigenvalue weighted by Crippen LogP contribution is 2.48. The molecule has 1 unspecified atom stereocenters. The van der Waals surface area contributed by atoms with Gasteiger partial charge in [-0.15, -0.1) is 0 Å². The zero-order valence-electron chi connectivity index (χ0n) is 8.09. The summed E-state index contributed by atoms with van der Waals surface area (Å²) in [5.74, 6) is -0.892. The predicted octanol–water partition coefficient (Wildman–Crippen LogP) is 3.18. The summed E-state index contributed by atoms with van der Waals surface area (Å²) >= 11 is 5.78. The lowest BCUT2D eigenvalue weighted by molar-refractivity contribution is 0.0975. The number of rotatable bonds is 3. The third kappa shape index (κ3) is 2.13. The Morgan fingerprint density at radius 1 is 1.33 bits per heavy atom. The second kappa shape index (κ2) is 3.72. The molecule has 0 bridgehead atoms. The lowest BCUT2D eigenvalue weighted by Gasteiger charge is -2.23. The van der Waals surface area contributed by atoms with Crippen LogP contribution in [-0.2, 0) is 0 Å². The molecule has 0 heterocycles. The van der Waals surface area contributed by atoms with Crippen molar-refractivity contribution in [1.29, 1.82) is 0 Å². The van der Waals surface area contributed by atoms with E-state index >= 15 is 0 Å². The van der Waals surface area contributed by atoms with Gasteiger partial charge in [0.15, 0.2) is 0 Å². The van der Waals surface area contributed by atoms with Crippen LogP contribution in [-0.4, -0.2) is 12.0 Å². The van der Waals surface area contributed by atoms with Gasteiger partial charge in [0, 0.05) is 10.6 Å². The summed E-state index contributed by atoms with van der Waals surface area (Å²) < 4.78 is 25.9. The van der Waals surface area contributed by atoms with Gasteiger partial charge in [-0.3, -0.25) is 0 Å². The van der Waals surface area contributed by atoms with Crippen molar-refractivity contribution >= 4 is 11.6 Å². The van der Waals surface area contributed by atoms with Gasteiger partial charge in [-0.2, -0.15) is 0 Å². The van der Waals surface area contributed by atoms with E-state index in [2.05, 4.69) is 0 Å². The Kier molecular flexibility index (Phi) is 2.69. The van der Waals surface area contributed by atoms with E-state index in [0.29, 0.717) is 23.4 Å². The molecule has 82 valence electrons. The van der Waals surface area contributed by atoms with Crippen molar-refractivity contribution in [3.05, 3.63) is 34.9 Å². The maximum Gasteiger partial charge on any atom is 0.247 e. The van der Waals surface area contributed by atoms with Gasteiger partial charge >= 0.3 is 0 Å². The van der Waals surface area contributed by atoms with E-state index in [0.717, 1.165) is 0 Å². The van der Waals surface area contributed by atoms with Gasteiger partial charge in [-0.25, -0.2) is 8.78 Å². The van der Waals surface area contributed by atoms with Gasteiger partial charge in [0.05, 0.1) is 5.92 Å². The number of nitrogens with two attached hydrogens (primary N) is 1. The summed E-state index contributed by atoms with van der Waals surface area (Å²) in [5.41, 5.74) is 5.67. The Morgan fingerprint density at radius 2 is 2.00 bits per heavy atom. The molecule has 0 aromatic heterocycles. The maximum atomic E-state index is 12.9. The van der Waals surface area contributed by atoms with Crippen LogP contribution in [0.3, 0.4) is 0 Å². The molecule has 15 heavy (non-hydrogen) atoms. The minimum atomic E-state index is -2.43. The van der Waals surface area contributed by atoms with Crippen LogP contribution in [0.1, 0.15) is 24.3 Å². The summed E-state index contributed by atoms with van der Waals surface area (Å²) in [6.45, 7) is 0. The van der Waals surface area contributed by atoms with Crippen molar-refractivity contribution < 1.29 is 8.78 Å². The van der Waals surface area contributed by atoms with E-state index in [1.54, 1.807) is 24.3 Å². The SMILES string of the molecule is NC1(C(c2cccc(Cl)c2)C(F)F)CC1. The second-order valence-electron chi connectivity index (χ2n) is 4.10. The first-order chi connectivity index (χ1) is 7.03. The van der Waals surface area contributed by atoms with Crippen LogP contribution in [0.15, 0.2) is 24.3 Å². The van der Waals surface area contributed by atoms with E-state index < -0.39 is 17.9 Å². The number of halogens is 3. The quantitative estimate of drug-likeness (QED) is 0.850. The fraction of sp³-hybridized carbons (Fsp3) is 0.455. The number of alkyl halides is 2. The zero-order chi connectivity index (χ0) is 11.1. The van der Waals surface area contributed by atoms with E-state index in [9.17, 15) is 8.78 Å².